The zero-order chi connectivity index (χ0) is 9.28. The van der Waals surface area contributed by atoms with Gasteiger partial charge in [-0.25, -0.2) is 8.42 Å². The van der Waals surface area contributed by atoms with Gasteiger partial charge in [-0.3, -0.25) is 0 Å². The first-order valence-electron chi connectivity index (χ1n) is 3.61. The van der Waals surface area contributed by atoms with Crippen LogP contribution in [0.2, 0.25) is 0 Å². The van der Waals surface area contributed by atoms with Crippen molar-refractivity contribution in [3.05, 3.63) is 0 Å². The van der Waals surface area contributed by atoms with Crippen LogP contribution in [0, 0.1) is 0 Å². The van der Waals surface area contributed by atoms with Crippen LogP contribution in [0.15, 0.2) is 0 Å². The fraction of sp³-hybridized carbons (Fsp3) is 1.00. The van der Waals surface area contributed by atoms with Gasteiger partial charge in [0.25, 0.3) is 0 Å². The van der Waals surface area contributed by atoms with Crippen LogP contribution in [-0.2, 0) is 9.84 Å². The number of aliphatic hydroxyl groups excluding tert-OH is 1. The summed E-state index contributed by atoms with van der Waals surface area (Å²) < 4.78 is 21.2. The average molecular weight is 180 g/mol. The van der Waals surface area contributed by atoms with E-state index >= 15 is 0 Å². The van der Waals surface area contributed by atoms with E-state index in [9.17, 15) is 13.5 Å². The van der Waals surface area contributed by atoms with E-state index in [0.29, 0.717) is 6.42 Å². The number of hydrogen-bond donors (Lipinski definition) is 1. The van der Waals surface area contributed by atoms with Gasteiger partial charge in [0.15, 0.2) is 9.84 Å². The van der Waals surface area contributed by atoms with Crippen molar-refractivity contribution in [1.29, 1.82) is 0 Å². The van der Waals surface area contributed by atoms with Gasteiger partial charge in [0.05, 0.1) is 10.9 Å². The zero-order valence-corrected chi connectivity index (χ0v) is 8.27. The molecule has 4 heteroatoms. The lowest BCUT2D eigenvalue weighted by atomic mass is 10.0. The Morgan fingerprint density at radius 3 is 1.91 bits per heavy atom. The van der Waals surface area contributed by atoms with Gasteiger partial charge in [-0.2, -0.15) is 0 Å². The summed E-state index contributed by atoms with van der Waals surface area (Å²) in [6.07, 6.45) is 0.823. The summed E-state index contributed by atoms with van der Waals surface area (Å²) in [6, 6.07) is 0. The van der Waals surface area contributed by atoms with Crippen LogP contribution in [0.1, 0.15) is 27.2 Å². The van der Waals surface area contributed by atoms with Crippen LogP contribution >= 0.6 is 0 Å². The largest absolute Gasteiger partial charge is 0.392 e. The Labute approximate surface area is 68.3 Å². The van der Waals surface area contributed by atoms with E-state index in [1.165, 1.54) is 13.8 Å². The predicted octanol–water partition coefficient (Wildman–Crippen LogP) is 0.581. The third-order valence-electron chi connectivity index (χ3n) is 2.14. The Bertz CT molecular complexity index is 216. The molecule has 0 fully saturated rings. The average Bonchev–Trinajstić information content (AvgIpc) is 1.83. The maximum atomic E-state index is 11.1. The monoisotopic (exact) mass is 180 g/mol. The van der Waals surface area contributed by atoms with E-state index in [4.69, 9.17) is 0 Å². The minimum Gasteiger partial charge on any atom is -0.392 e. The third-order valence-corrected chi connectivity index (χ3v) is 4.33. The molecule has 0 aromatic rings. The smallest absolute Gasteiger partial charge is 0.155 e. The van der Waals surface area contributed by atoms with Gasteiger partial charge in [-0.05, 0) is 20.3 Å². The molecule has 0 aliphatic rings. The predicted molar refractivity (Wildman–Crippen MR) is 45.2 cm³/mol. The molecule has 0 heterocycles. The Morgan fingerprint density at radius 2 is 1.82 bits per heavy atom. The molecule has 0 spiro atoms. The first-order chi connectivity index (χ1) is 4.73. The van der Waals surface area contributed by atoms with Crippen LogP contribution in [0.25, 0.3) is 0 Å². The fourth-order valence-electron chi connectivity index (χ4n) is 0.739. The third kappa shape index (κ3) is 2.17. The lowest BCUT2D eigenvalue weighted by Gasteiger charge is -2.27. The van der Waals surface area contributed by atoms with Crippen molar-refractivity contribution in [2.24, 2.45) is 0 Å². The highest BCUT2D eigenvalue weighted by atomic mass is 32.2. The van der Waals surface area contributed by atoms with Gasteiger partial charge in [0.1, 0.15) is 0 Å². The Morgan fingerprint density at radius 1 is 1.45 bits per heavy atom. The SMILES string of the molecule is CCC(O)C(C)(C)S(C)(=O)=O. The first kappa shape index (κ1) is 10.9. The number of sulfone groups is 1. The molecular formula is C7H16O3S. The Hall–Kier alpha value is -0.0900. The molecule has 0 bridgehead atoms. The summed E-state index contributed by atoms with van der Waals surface area (Å²) in [7, 11) is -3.16. The van der Waals surface area contributed by atoms with Crippen molar-refractivity contribution in [2.75, 3.05) is 6.26 Å². The molecule has 1 N–H and O–H groups in total. The molecular weight excluding hydrogens is 164 g/mol. The van der Waals surface area contributed by atoms with E-state index in [0.717, 1.165) is 6.26 Å². The normalized spacial score (nSPS) is 16.5. The Balaban J connectivity index is 4.74. The first-order valence-corrected chi connectivity index (χ1v) is 5.50. The molecule has 0 aliphatic carbocycles. The quantitative estimate of drug-likeness (QED) is 0.691. The fourth-order valence-corrected chi connectivity index (χ4v) is 1.40. The summed E-state index contributed by atoms with van der Waals surface area (Å²) in [5.74, 6) is 0. The number of rotatable bonds is 3. The van der Waals surface area contributed by atoms with E-state index in [1.54, 1.807) is 6.92 Å². The molecule has 0 aromatic heterocycles. The molecule has 68 valence electrons. The van der Waals surface area contributed by atoms with Crippen molar-refractivity contribution in [2.45, 2.75) is 38.0 Å². The topological polar surface area (TPSA) is 54.4 Å². The molecule has 0 aliphatic heterocycles. The van der Waals surface area contributed by atoms with E-state index in [1.807, 2.05) is 0 Å². The molecule has 0 saturated heterocycles. The molecule has 1 unspecified atom stereocenters. The molecule has 0 radical (unpaired) electrons. The second-order valence-electron chi connectivity index (χ2n) is 3.30. The maximum Gasteiger partial charge on any atom is 0.155 e. The highest BCUT2D eigenvalue weighted by molar-refractivity contribution is 7.92. The highest BCUT2D eigenvalue weighted by Gasteiger charge is 2.36. The minimum atomic E-state index is -3.16. The molecule has 0 saturated carbocycles. The lowest BCUT2D eigenvalue weighted by molar-refractivity contribution is 0.133. The van der Waals surface area contributed by atoms with Gasteiger partial charge < -0.3 is 5.11 Å². The maximum absolute atomic E-state index is 11.1. The van der Waals surface area contributed by atoms with Crippen LogP contribution in [0.3, 0.4) is 0 Å². The van der Waals surface area contributed by atoms with Crippen molar-refractivity contribution in [3.8, 4) is 0 Å². The van der Waals surface area contributed by atoms with Crippen molar-refractivity contribution in [1.82, 2.24) is 0 Å². The van der Waals surface area contributed by atoms with Gasteiger partial charge >= 0.3 is 0 Å². The molecule has 0 aromatic carbocycles. The van der Waals surface area contributed by atoms with Crippen LogP contribution in [-0.4, -0.2) is 30.6 Å². The standard InChI is InChI=1S/C7H16O3S/c1-5-6(8)7(2,3)11(4,9)10/h6,8H,5H2,1-4H3. The van der Waals surface area contributed by atoms with Gasteiger partial charge in [0, 0.05) is 6.26 Å². The summed E-state index contributed by atoms with van der Waals surface area (Å²) >= 11 is 0. The second kappa shape index (κ2) is 3.11. The van der Waals surface area contributed by atoms with Crippen molar-refractivity contribution in [3.63, 3.8) is 0 Å². The summed E-state index contributed by atoms with van der Waals surface area (Å²) in [5, 5.41) is 9.34. The van der Waals surface area contributed by atoms with E-state index < -0.39 is 20.7 Å². The molecule has 11 heavy (non-hydrogen) atoms. The molecule has 0 amide bonds. The number of hydrogen-bond acceptors (Lipinski definition) is 3. The van der Waals surface area contributed by atoms with Gasteiger partial charge in [-0.1, -0.05) is 6.92 Å². The van der Waals surface area contributed by atoms with E-state index in [2.05, 4.69) is 0 Å². The zero-order valence-electron chi connectivity index (χ0n) is 7.46. The van der Waals surface area contributed by atoms with Gasteiger partial charge in [-0.15, -0.1) is 0 Å². The second-order valence-corrected chi connectivity index (χ2v) is 5.90. The summed E-state index contributed by atoms with van der Waals surface area (Å²) in [6.45, 7) is 4.84. The summed E-state index contributed by atoms with van der Waals surface area (Å²) in [4.78, 5) is 0. The lowest BCUT2D eigenvalue weighted by Crippen LogP contribution is -2.42. The molecule has 3 nitrogen and oxygen atoms in total. The van der Waals surface area contributed by atoms with Crippen LogP contribution < -0.4 is 0 Å². The highest BCUT2D eigenvalue weighted by Crippen LogP contribution is 2.21. The molecule has 1 atom stereocenters. The minimum absolute atomic E-state index is 0.458. The number of aliphatic hydroxyl groups is 1. The summed E-state index contributed by atoms with van der Waals surface area (Å²) in [5.41, 5.74) is 0. The van der Waals surface area contributed by atoms with E-state index in [-0.39, 0.29) is 0 Å². The van der Waals surface area contributed by atoms with Crippen LogP contribution in [0.4, 0.5) is 0 Å². The molecule has 0 rings (SSSR count). The van der Waals surface area contributed by atoms with Gasteiger partial charge in [0.2, 0.25) is 0 Å². The van der Waals surface area contributed by atoms with Crippen LogP contribution in [0.5, 0.6) is 0 Å². The Kier molecular flexibility index (Phi) is 3.08. The van der Waals surface area contributed by atoms with Crippen molar-refractivity contribution < 1.29 is 13.5 Å². The van der Waals surface area contributed by atoms with Crippen molar-refractivity contribution >= 4 is 9.84 Å².